The molecule has 3 atom stereocenters. The first-order valence-electron chi connectivity index (χ1n) is 12.4. The van der Waals surface area contributed by atoms with E-state index in [4.69, 9.17) is 22.3 Å². The van der Waals surface area contributed by atoms with E-state index >= 15 is 0 Å². The standard InChI is InChI=1S/C28H27ClFN5OS/c29-23-3-1-2-4-27(23)37(36)35-26-8-6-17(14-24(26)30)16-5-7-25-20(9-16)15-32-28(34-25)33-22-12-18-10-21(31)11-19(18)13-22/h1-9,14-15,18-19,21-22,35H,10-13,31H2,(H,32,33,34). The fraction of sp³-hybridized carbons (Fsp3) is 0.286. The second-order valence-electron chi connectivity index (χ2n) is 10.0. The van der Waals surface area contributed by atoms with E-state index in [1.807, 2.05) is 18.2 Å². The van der Waals surface area contributed by atoms with Crippen LogP contribution in [0.5, 0.6) is 0 Å². The quantitative estimate of drug-likeness (QED) is 0.256. The molecular weight excluding hydrogens is 509 g/mol. The summed E-state index contributed by atoms with van der Waals surface area (Å²) in [5.41, 5.74) is 8.63. The molecule has 37 heavy (non-hydrogen) atoms. The van der Waals surface area contributed by atoms with Gasteiger partial charge < -0.3 is 15.6 Å². The number of rotatable bonds is 6. The Balaban J connectivity index is 1.16. The van der Waals surface area contributed by atoms with E-state index in [0.717, 1.165) is 42.1 Å². The number of aromatic nitrogens is 2. The maximum Gasteiger partial charge on any atom is 0.223 e. The average Bonchev–Trinajstić information content (AvgIpc) is 3.41. The normalized spacial score (nSPS) is 23.7. The van der Waals surface area contributed by atoms with Crippen molar-refractivity contribution in [1.82, 2.24) is 9.97 Å². The number of nitrogens with one attached hydrogen (secondary N) is 2. The molecule has 0 radical (unpaired) electrons. The van der Waals surface area contributed by atoms with Crippen LogP contribution in [0.3, 0.4) is 0 Å². The summed E-state index contributed by atoms with van der Waals surface area (Å²) in [6.07, 6.45) is 6.31. The molecule has 4 N–H and O–H groups in total. The zero-order chi connectivity index (χ0) is 25.5. The minimum Gasteiger partial charge on any atom is -0.588 e. The molecule has 2 saturated carbocycles. The van der Waals surface area contributed by atoms with Crippen LogP contribution < -0.4 is 15.8 Å². The maximum absolute atomic E-state index is 14.9. The summed E-state index contributed by atoms with van der Waals surface area (Å²) >= 11 is 4.43. The molecule has 0 amide bonds. The molecular formula is C28H27ClFN5OS. The molecule has 0 bridgehead atoms. The number of hydrogen-bond acceptors (Lipinski definition) is 6. The first kappa shape index (κ1) is 24.4. The van der Waals surface area contributed by atoms with Crippen molar-refractivity contribution in [3.63, 3.8) is 0 Å². The van der Waals surface area contributed by atoms with E-state index in [-0.39, 0.29) is 5.69 Å². The number of nitrogens with zero attached hydrogens (tertiary/aromatic N) is 2. The van der Waals surface area contributed by atoms with Gasteiger partial charge in [-0.15, -0.1) is 0 Å². The Kier molecular flexibility index (Phi) is 6.67. The Morgan fingerprint density at radius 2 is 1.70 bits per heavy atom. The number of halogens is 2. The highest BCUT2D eigenvalue weighted by Crippen LogP contribution is 2.44. The van der Waals surface area contributed by atoms with Crippen molar-refractivity contribution in [2.75, 3.05) is 10.0 Å². The Hall–Kier alpha value is -2.91. The summed E-state index contributed by atoms with van der Waals surface area (Å²) in [5.74, 6) is 1.57. The minimum absolute atomic E-state index is 0.139. The number of nitrogens with two attached hydrogens (primary N) is 1. The van der Waals surface area contributed by atoms with Gasteiger partial charge in [-0.05, 0) is 85.0 Å². The Labute approximate surface area is 223 Å². The summed E-state index contributed by atoms with van der Waals surface area (Å²) in [5, 5.41) is 4.75. The van der Waals surface area contributed by atoms with Gasteiger partial charge in [0.1, 0.15) is 17.0 Å². The lowest BCUT2D eigenvalue weighted by atomic mass is 10.0. The van der Waals surface area contributed by atoms with Gasteiger partial charge in [-0.25, -0.2) is 19.1 Å². The van der Waals surface area contributed by atoms with Crippen LogP contribution in [-0.2, 0) is 11.4 Å². The van der Waals surface area contributed by atoms with Gasteiger partial charge in [0.05, 0.1) is 10.5 Å². The molecule has 3 aromatic carbocycles. The second kappa shape index (κ2) is 10.1. The molecule has 4 aromatic rings. The zero-order valence-electron chi connectivity index (χ0n) is 20.0. The molecule has 1 aromatic heterocycles. The molecule has 2 fully saturated rings. The van der Waals surface area contributed by atoms with Gasteiger partial charge in [0.2, 0.25) is 5.95 Å². The van der Waals surface area contributed by atoms with E-state index in [1.165, 1.54) is 6.07 Å². The monoisotopic (exact) mass is 535 g/mol. The lowest BCUT2D eigenvalue weighted by Gasteiger charge is -2.15. The van der Waals surface area contributed by atoms with Crippen molar-refractivity contribution in [3.05, 3.63) is 77.7 Å². The molecule has 0 spiro atoms. The molecule has 0 aliphatic heterocycles. The highest BCUT2D eigenvalue weighted by molar-refractivity contribution is 7.92. The molecule has 2 aliphatic carbocycles. The number of fused-ring (bicyclic) bond motifs is 2. The molecule has 9 heteroatoms. The van der Waals surface area contributed by atoms with Crippen molar-refractivity contribution in [1.29, 1.82) is 0 Å². The maximum atomic E-state index is 14.9. The van der Waals surface area contributed by atoms with Crippen LogP contribution in [0.25, 0.3) is 22.0 Å². The predicted molar refractivity (Wildman–Crippen MR) is 147 cm³/mol. The van der Waals surface area contributed by atoms with Crippen molar-refractivity contribution < 1.29 is 8.94 Å². The van der Waals surface area contributed by atoms with E-state index < -0.39 is 17.2 Å². The third-order valence-electron chi connectivity index (χ3n) is 7.51. The number of hydrogen-bond donors (Lipinski definition) is 3. The third-order valence-corrected chi connectivity index (χ3v) is 9.11. The summed E-state index contributed by atoms with van der Waals surface area (Å²) in [4.78, 5) is 9.64. The Bertz CT molecular complexity index is 1440. The fourth-order valence-electron chi connectivity index (χ4n) is 5.77. The Morgan fingerprint density at radius 3 is 2.46 bits per heavy atom. The Morgan fingerprint density at radius 1 is 0.973 bits per heavy atom. The first-order valence-corrected chi connectivity index (χ1v) is 14.0. The van der Waals surface area contributed by atoms with Gasteiger partial charge in [-0.1, -0.05) is 35.9 Å². The summed E-state index contributed by atoms with van der Waals surface area (Å²) in [7, 11) is 0. The molecule has 3 unspecified atom stereocenters. The van der Waals surface area contributed by atoms with Crippen molar-refractivity contribution in [3.8, 4) is 11.1 Å². The lowest BCUT2D eigenvalue weighted by molar-refractivity contribution is 0.457. The van der Waals surface area contributed by atoms with Crippen LogP contribution in [0, 0.1) is 17.7 Å². The highest BCUT2D eigenvalue weighted by atomic mass is 35.5. The largest absolute Gasteiger partial charge is 0.588 e. The smallest absolute Gasteiger partial charge is 0.223 e. The number of anilines is 2. The first-order chi connectivity index (χ1) is 17.9. The van der Waals surface area contributed by atoms with Gasteiger partial charge in [0, 0.05) is 23.7 Å². The van der Waals surface area contributed by atoms with Crippen LogP contribution in [0.1, 0.15) is 25.7 Å². The van der Waals surface area contributed by atoms with Crippen molar-refractivity contribution >= 4 is 45.5 Å². The SMILES string of the molecule is NC1CC2CC(Nc3ncc4cc(-c5ccc(N[S+]([O-])c6ccccc6Cl)c(F)c5)ccc4n3)CC2C1. The third kappa shape index (κ3) is 5.11. The lowest BCUT2D eigenvalue weighted by Crippen LogP contribution is -2.21. The number of benzene rings is 3. The fourth-order valence-corrected chi connectivity index (χ4v) is 7.04. The van der Waals surface area contributed by atoms with Crippen LogP contribution in [0.15, 0.2) is 71.8 Å². The van der Waals surface area contributed by atoms with Gasteiger partial charge in [0.25, 0.3) is 0 Å². The van der Waals surface area contributed by atoms with E-state index in [0.29, 0.717) is 45.3 Å². The van der Waals surface area contributed by atoms with Crippen molar-refractivity contribution in [2.45, 2.75) is 42.7 Å². The average molecular weight is 536 g/mol. The van der Waals surface area contributed by atoms with Gasteiger partial charge >= 0.3 is 0 Å². The molecule has 6 rings (SSSR count). The molecule has 6 nitrogen and oxygen atoms in total. The van der Waals surface area contributed by atoms with E-state index in [1.54, 1.807) is 42.6 Å². The predicted octanol–water partition coefficient (Wildman–Crippen LogP) is 6.15. The molecule has 2 aliphatic rings. The summed E-state index contributed by atoms with van der Waals surface area (Å²) < 4.78 is 30.2. The van der Waals surface area contributed by atoms with Crippen LogP contribution in [0.2, 0.25) is 5.02 Å². The van der Waals surface area contributed by atoms with Crippen LogP contribution in [-0.4, -0.2) is 26.6 Å². The van der Waals surface area contributed by atoms with E-state index in [2.05, 4.69) is 15.0 Å². The topological polar surface area (TPSA) is 98.9 Å². The van der Waals surface area contributed by atoms with Crippen LogP contribution in [0.4, 0.5) is 16.0 Å². The second-order valence-corrected chi connectivity index (χ2v) is 11.6. The minimum atomic E-state index is -1.68. The van der Waals surface area contributed by atoms with Gasteiger partial charge in [0.15, 0.2) is 10.7 Å². The summed E-state index contributed by atoms with van der Waals surface area (Å²) in [6, 6.07) is 18.1. The molecule has 190 valence electrons. The summed E-state index contributed by atoms with van der Waals surface area (Å²) in [6.45, 7) is 0. The van der Waals surface area contributed by atoms with Crippen LogP contribution >= 0.6 is 11.6 Å². The van der Waals surface area contributed by atoms with E-state index in [9.17, 15) is 8.94 Å². The van der Waals surface area contributed by atoms with Gasteiger partial charge in [-0.3, -0.25) is 0 Å². The van der Waals surface area contributed by atoms with Crippen molar-refractivity contribution in [2.24, 2.45) is 17.6 Å². The molecule has 1 heterocycles. The highest BCUT2D eigenvalue weighted by Gasteiger charge is 2.40. The zero-order valence-corrected chi connectivity index (χ0v) is 21.6. The molecule has 0 saturated heterocycles. The van der Waals surface area contributed by atoms with Gasteiger partial charge in [-0.2, -0.15) is 0 Å².